The summed E-state index contributed by atoms with van der Waals surface area (Å²) in [6.45, 7) is 3.73. The molecule has 5 nitrogen and oxygen atoms in total. The fourth-order valence-electron chi connectivity index (χ4n) is 1.18. The van der Waals surface area contributed by atoms with Crippen molar-refractivity contribution in [3.63, 3.8) is 0 Å². The van der Waals surface area contributed by atoms with E-state index in [0.717, 1.165) is 6.42 Å². The van der Waals surface area contributed by atoms with Crippen molar-refractivity contribution in [1.82, 2.24) is 10.6 Å². The number of rotatable bonds is 3. The van der Waals surface area contributed by atoms with Crippen LogP contribution in [0.3, 0.4) is 0 Å². The Balaban J connectivity index is 2.19. The summed E-state index contributed by atoms with van der Waals surface area (Å²) in [5, 5.41) is 5.48. The molecule has 2 atom stereocenters. The second-order valence-corrected chi connectivity index (χ2v) is 3.21. The van der Waals surface area contributed by atoms with Crippen LogP contribution in [0.2, 0.25) is 0 Å². The molecule has 0 saturated carbocycles. The minimum atomic E-state index is -0.159. The van der Waals surface area contributed by atoms with Crippen LogP contribution >= 0.6 is 0 Å². The standard InChI is InChI=1S/C8H17N3O2/c1-2-3-10-8(12)11-7-5-13-4-6(7)9/h6-7H,2-5,9H2,1H3,(H2,10,11,12). The minimum absolute atomic E-state index is 0.0446. The number of amides is 2. The summed E-state index contributed by atoms with van der Waals surface area (Å²) in [6, 6.07) is -0.281. The summed E-state index contributed by atoms with van der Waals surface area (Å²) in [5.74, 6) is 0. The van der Waals surface area contributed by atoms with Crippen molar-refractivity contribution in [2.45, 2.75) is 25.4 Å². The van der Waals surface area contributed by atoms with E-state index in [4.69, 9.17) is 10.5 Å². The molecule has 5 heteroatoms. The molecule has 76 valence electrons. The molecule has 0 aromatic heterocycles. The maximum Gasteiger partial charge on any atom is 0.315 e. The molecule has 13 heavy (non-hydrogen) atoms. The Kier molecular flexibility index (Phi) is 3.98. The molecule has 1 aliphatic rings. The molecule has 2 unspecified atom stereocenters. The van der Waals surface area contributed by atoms with Crippen LogP contribution in [0.15, 0.2) is 0 Å². The zero-order valence-electron chi connectivity index (χ0n) is 7.88. The second-order valence-electron chi connectivity index (χ2n) is 3.21. The van der Waals surface area contributed by atoms with Gasteiger partial charge < -0.3 is 21.1 Å². The lowest BCUT2D eigenvalue weighted by Crippen LogP contribution is -2.50. The highest BCUT2D eigenvalue weighted by atomic mass is 16.5. The molecule has 1 rings (SSSR count). The van der Waals surface area contributed by atoms with Crippen LogP contribution in [0.1, 0.15) is 13.3 Å². The maximum atomic E-state index is 11.2. The van der Waals surface area contributed by atoms with Gasteiger partial charge in [0.15, 0.2) is 0 Å². The van der Waals surface area contributed by atoms with Crippen LogP contribution in [-0.4, -0.2) is 37.9 Å². The van der Waals surface area contributed by atoms with Crippen LogP contribution in [0.5, 0.6) is 0 Å². The van der Waals surface area contributed by atoms with Crippen LogP contribution in [0, 0.1) is 0 Å². The van der Waals surface area contributed by atoms with Gasteiger partial charge in [-0.3, -0.25) is 0 Å². The number of nitrogens with two attached hydrogens (primary N) is 1. The van der Waals surface area contributed by atoms with Crippen molar-refractivity contribution in [1.29, 1.82) is 0 Å². The van der Waals surface area contributed by atoms with E-state index in [1.165, 1.54) is 0 Å². The van der Waals surface area contributed by atoms with Crippen LogP contribution in [-0.2, 0) is 4.74 Å². The van der Waals surface area contributed by atoms with Gasteiger partial charge in [0.1, 0.15) is 0 Å². The van der Waals surface area contributed by atoms with Crippen molar-refractivity contribution in [2.24, 2.45) is 5.73 Å². The molecular formula is C8H17N3O2. The van der Waals surface area contributed by atoms with Gasteiger partial charge in [0.25, 0.3) is 0 Å². The van der Waals surface area contributed by atoms with Gasteiger partial charge in [-0.1, -0.05) is 6.92 Å². The molecular weight excluding hydrogens is 170 g/mol. The molecule has 0 radical (unpaired) electrons. The Bertz CT molecular complexity index is 175. The quantitative estimate of drug-likeness (QED) is 0.553. The molecule has 0 aromatic rings. The SMILES string of the molecule is CCCNC(=O)NC1COCC1N. The first-order chi connectivity index (χ1) is 6.24. The van der Waals surface area contributed by atoms with E-state index < -0.39 is 0 Å². The van der Waals surface area contributed by atoms with Gasteiger partial charge in [0.2, 0.25) is 0 Å². The first kappa shape index (κ1) is 10.3. The van der Waals surface area contributed by atoms with Gasteiger partial charge in [0, 0.05) is 6.54 Å². The minimum Gasteiger partial charge on any atom is -0.378 e. The van der Waals surface area contributed by atoms with E-state index in [-0.39, 0.29) is 18.1 Å². The molecule has 0 spiro atoms. The molecule has 4 N–H and O–H groups in total. The van der Waals surface area contributed by atoms with Crippen LogP contribution < -0.4 is 16.4 Å². The van der Waals surface area contributed by atoms with Gasteiger partial charge in [-0.25, -0.2) is 4.79 Å². The fraction of sp³-hybridized carbons (Fsp3) is 0.875. The third kappa shape index (κ3) is 3.20. The largest absolute Gasteiger partial charge is 0.378 e. The number of hydrogen-bond donors (Lipinski definition) is 3. The molecule has 0 aliphatic carbocycles. The lowest BCUT2D eigenvalue weighted by Gasteiger charge is -2.15. The predicted molar refractivity (Wildman–Crippen MR) is 49.4 cm³/mol. The lowest BCUT2D eigenvalue weighted by molar-refractivity contribution is 0.186. The smallest absolute Gasteiger partial charge is 0.315 e. The summed E-state index contributed by atoms with van der Waals surface area (Å²) < 4.78 is 5.11. The zero-order chi connectivity index (χ0) is 9.68. The highest BCUT2D eigenvalue weighted by molar-refractivity contribution is 5.74. The highest BCUT2D eigenvalue weighted by Gasteiger charge is 2.25. The Morgan fingerprint density at radius 3 is 2.92 bits per heavy atom. The third-order valence-electron chi connectivity index (χ3n) is 1.98. The van der Waals surface area contributed by atoms with Crippen molar-refractivity contribution >= 4 is 6.03 Å². The van der Waals surface area contributed by atoms with E-state index in [1.807, 2.05) is 6.92 Å². The fourth-order valence-corrected chi connectivity index (χ4v) is 1.18. The summed E-state index contributed by atoms with van der Waals surface area (Å²) in [6.07, 6.45) is 0.931. The average molecular weight is 187 g/mol. The van der Waals surface area contributed by atoms with Crippen molar-refractivity contribution in [3.8, 4) is 0 Å². The summed E-state index contributed by atoms with van der Waals surface area (Å²) >= 11 is 0. The van der Waals surface area contributed by atoms with Gasteiger partial charge in [-0.15, -0.1) is 0 Å². The Morgan fingerprint density at radius 1 is 1.62 bits per heavy atom. The molecule has 0 aromatic carbocycles. The second kappa shape index (κ2) is 5.04. The lowest BCUT2D eigenvalue weighted by atomic mass is 10.2. The van der Waals surface area contributed by atoms with E-state index >= 15 is 0 Å². The normalized spacial score (nSPS) is 27.2. The number of carbonyl (C=O) groups excluding carboxylic acids is 1. The van der Waals surface area contributed by atoms with Crippen LogP contribution in [0.25, 0.3) is 0 Å². The van der Waals surface area contributed by atoms with Gasteiger partial charge in [-0.2, -0.15) is 0 Å². The van der Waals surface area contributed by atoms with Crippen molar-refractivity contribution in [2.75, 3.05) is 19.8 Å². The Hall–Kier alpha value is -0.810. The average Bonchev–Trinajstić information content (AvgIpc) is 2.48. The Morgan fingerprint density at radius 2 is 2.38 bits per heavy atom. The molecule has 1 fully saturated rings. The molecule has 2 amide bonds. The summed E-state index contributed by atoms with van der Waals surface area (Å²) in [5.41, 5.74) is 5.69. The molecule has 1 saturated heterocycles. The van der Waals surface area contributed by atoms with Crippen molar-refractivity contribution in [3.05, 3.63) is 0 Å². The third-order valence-corrected chi connectivity index (χ3v) is 1.98. The van der Waals surface area contributed by atoms with Gasteiger partial charge >= 0.3 is 6.03 Å². The maximum absolute atomic E-state index is 11.2. The number of urea groups is 1. The summed E-state index contributed by atoms with van der Waals surface area (Å²) in [4.78, 5) is 11.2. The van der Waals surface area contributed by atoms with Crippen LogP contribution in [0.4, 0.5) is 4.79 Å². The topological polar surface area (TPSA) is 76.4 Å². The summed E-state index contributed by atoms with van der Waals surface area (Å²) in [7, 11) is 0. The molecule has 1 heterocycles. The zero-order valence-corrected chi connectivity index (χ0v) is 7.88. The van der Waals surface area contributed by atoms with E-state index in [0.29, 0.717) is 19.8 Å². The van der Waals surface area contributed by atoms with Gasteiger partial charge in [-0.05, 0) is 6.42 Å². The monoisotopic (exact) mass is 187 g/mol. The van der Waals surface area contributed by atoms with E-state index in [9.17, 15) is 4.79 Å². The number of nitrogens with one attached hydrogen (secondary N) is 2. The predicted octanol–water partition coefficient (Wildman–Crippen LogP) is -0.578. The molecule has 1 aliphatic heterocycles. The first-order valence-electron chi connectivity index (χ1n) is 4.61. The highest BCUT2D eigenvalue weighted by Crippen LogP contribution is 2.01. The number of hydrogen-bond acceptors (Lipinski definition) is 3. The van der Waals surface area contributed by atoms with Crippen molar-refractivity contribution < 1.29 is 9.53 Å². The number of carbonyl (C=O) groups is 1. The van der Waals surface area contributed by atoms with E-state index in [2.05, 4.69) is 10.6 Å². The molecule has 0 bridgehead atoms. The first-order valence-corrected chi connectivity index (χ1v) is 4.61. The van der Waals surface area contributed by atoms with E-state index in [1.54, 1.807) is 0 Å². The Labute approximate surface area is 78.0 Å². The van der Waals surface area contributed by atoms with Gasteiger partial charge in [0.05, 0.1) is 25.3 Å². The number of ether oxygens (including phenoxy) is 1.